The molecule has 2 atom stereocenters. The van der Waals surface area contributed by atoms with Crippen LogP contribution < -0.4 is 10.6 Å². The van der Waals surface area contributed by atoms with Crippen LogP contribution in [0.5, 0.6) is 0 Å². The molecule has 0 aromatic rings. The van der Waals surface area contributed by atoms with Gasteiger partial charge in [0.2, 0.25) is 0 Å². The summed E-state index contributed by atoms with van der Waals surface area (Å²) in [5.74, 6) is 0. The summed E-state index contributed by atoms with van der Waals surface area (Å²) in [4.78, 5) is 0. The van der Waals surface area contributed by atoms with Crippen molar-refractivity contribution >= 4 is 0 Å². The van der Waals surface area contributed by atoms with Crippen molar-refractivity contribution < 1.29 is 4.74 Å². The monoisotopic (exact) mass is 198 g/mol. The molecule has 0 bridgehead atoms. The van der Waals surface area contributed by atoms with Gasteiger partial charge in [0.15, 0.2) is 0 Å². The molecule has 2 unspecified atom stereocenters. The second-order valence-electron chi connectivity index (χ2n) is 5.08. The second kappa shape index (κ2) is 3.80. The predicted molar refractivity (Wildman–Crippen MR) is 57.4 cm³/mol. The van der Waals surface area contributed by atoms with Crippen LogP contribution in [0.3, 0.4) is 0 Å². The zero-order chi connectivity index (χ0) is 10.2. The maximum absolute atomic E-state index is 5.70. The Kier molecular flexibility index (Phi) is 2.82. The van der Waals surface area contributed by atoms with Crippen molar-refractivity contribution in [1.82, 2.24) is 10.6 Å². The number of hydrogen-bond donors (Lipinski definition) is 2. The molecule has 2 N–H and O–H groups in total. The maximum Gasteiger partial charge on any atom is 0.0655 e. The lowest BCUT2D eigenvalue weighted by Gasteiger charge is -2.53. The number of nitrogens with one attached hydrogen (secondary N) is 2. The van der Waals surface area contributed by atoms with Crippen LogP contribution in [0.2, 0.25) is 0 Å². The number of hydrogen-bond acceptors (Lipinski definition) is 3. The molecule has 3 nitrogen and oxygen atoms in total. The van der Waals surface area contributed by atoms with Gasteiger partial charge in [-0.2, -0.15) is 0 Å². The van der Waals surface area contributed by atoms with E-state index in [0.717, 1.165) is 19.7 Å². The van der Waals surface area contributed by atoms with E-state index in [4.69, 9.17) is 4.74 Å². The van der Waals surface area contributed by atoms with E-state index in [1.165, 1.54) is 6.42 Å². The van der Waals surface area contributed by atoms with Crippen molar-refractivity contribution in [1.29, 1.82) is 0 Å². The molecule has 0 aromatic carbocycles. The highest BCUT2D eigenvalue weighted by atomic mass is 16.5. The maximum atomic E-state index is 5.70. The van der Waals surface area contributed by atoms with Crippen molar-refractivity contribution in [3.05, 3.63) is 0 Å². The summed E-state index contributed by atoms with van der Waals surface area (Å²) in [6.45, 7) is 9.79. The average molecular weight is 198 g/mol. The molecule has 2 rings (SSSR count). The van der Waals surface area contributed by atoms with E-state index in [1.54, 1.807) is 0 Å². The minimum Gasteiger partial charge on any atom is -0.378 e. The SMILES string of the molecule is CCOC1CC(NC2CNC2)C1(C)C. The molecule has 14 heavy (non-hydrogen) atoms. The first-order chi connectivity index (χ1) is 6.64. The minimum absolute atomic E-state index is 0.311. The molecule has 1 saturated carbocycles. The fourth-order valence-electron chi connectivity index (χ4n) is 2.34. The van der Waals surface area contributed by atoms with Gasteiger partial charge in [-0.3, -0.25) is 0 Å². The van der Waals surface area contributed by atoms with Gasteiger partial charge in [-0.1, -0.05) is 13.8 Å². The van der Waals surface area contributed by atoms with Crippen molar-refractivity contribution in [2.75, 3.05) is 19.7 Å². The molecule has 1 aliphatic carbocycles. The lowest BCUT2D eigenvalue weighted by atomic mass is 9.64. The van der Waals surface area contributed by atoms with Crippen LogP contribution in [0.25, 0.3) is 0 Å². The quantitative estimate of drug-likeness (QED) is 0.699. The van der Waals surface area contributed by atoms with E-state index in [2.05, 4.69) is 31.4 Å². The lowest BCUT2D eigenvalue weighted by molar-refractivity contribution is -0.117. The fourth-order valence-corrected chi connectivity index (χ4v) is 2.34. The van der Waals surface area contributed by atoms with E-state index in [9.17, 15) is 0 Å². The van der Waals surface area contributed by atoms with E-state index in [0.29, 0.717) is 23.6 Å². The Bertz CT molecular complexity index is 201. The first-order valence-electron chi connectivity index (χ1n) is 5.73. The number of rotatable bonds is 4. The van der Waals surface area contributed by atoms with Crippen LogP contribution in [0.15, 0.2) is 0 Å². The first kappa shape index (κ1) is 10.4. The Morgan fingerprint density at radius 3 is 2.57 bits per heavy atom. The van der Waals surface area contributed by atoms with Crippen molar-refractivity contribution in [3.8, 4) is 0 Å². The second-order valence-corrected chi connectivity index (χ2v) is 5.08. The molecule has 1 saturated heterocycles. The third-order valence-corrected chi connectivity index (χ3v) is 3.76. The molecule has 0 aromatic heterocycles. The highest BCUT2D eigenvalue weighted by Gasteiger charge is 2.49. The topological polar surface area (TPSA) is 33.3 Å². The molecule has 1 heterocycles. The van der Waals surface area contributed by atoms with Gasteiger partial charge in [0.1, 0.15) is 0 Å². The fraction of sp³-hybridized carbons (Fsp3) is 1.00. The summed E-state index contributed by atoms with van der Waals surface area (Å²) in [5, 5.41) is 6.97. The van der Waals surface area contributed by atoms with Crippen LogP contribution in [-0.4, -0.2) is 37.9 Å². The molecular formula is C11H22N2O. The molecule has 3 heteroatoms. The van der Waals surface area contributed by atoms with Gasteiger partial charge in [-0.05, 0) is 13.3 Å². The van der Waals surface area contributed by atoms with Gasteiger partial charge < -0.3 is 15.4 Å². The van der Waals surface area contributed by atoms with Crippen LogP contribution in [0.4, 0.5) is 0 Å². The Labute approximate surface area is 86.6 Å². The standard InChI is InChI=1S/C11H22N2O/c1-4-14-10-5-9(11(10,2)3)13-8-6-12-7-8/h8-10,12-13H,4-7H2,1-3H3. The van der Waals surface area contributed by atoms with Crippen LogP contribution in [-0.2, 0) is 4.74 Å². The summed E-state index contributed by atoms with van der Waals surface area (Å²) in [6, 6.07) is 1.34. The van der Waals surface area contributed by atoms with Crippen LogP contribution >= 0.6 is 0 Å². The average Bonchev–Trinajstić information content (AvgIpc) is 2.07. The zero-order valence-electron chi connectivity index (χ0n) is 9.47. The Balaban J connectivity index is 1.79. The van der Waals surface area contributed by atoms with Crippen LogP contribution in [0.1, 0.15) is 27.2 Å². The highest BCUT2D eigenvalue weighted by Crippen LogP contribution is 2.42. The summed E-state index contributed by atoms with van der Waals surface area (Å²) >= 11 is 0. The Morgan fingerprint density at radius 1 is 1.43 bits per heavy atom. The van der Waals surface area contributed by atoms with E-state index in [1.807, 2.05) is 0 Å². The first-order valence-corrected chi connectivity index (χ1v) is 5.73. The molecule has 0 amide bonds. The third-order valence-electron chi connectivity index (χ3n) is 3.76. The Morgan fingerprint density at radius 2 is 2.14 bits per heavy atom. The third kappa shape index (κ3) is 1.69. The van der Waals surface area contributed by atoms with Crippen LogP contribution in [0, 0.1) is 5.41 Å². The van der Waals surface area contributed by atoms with Gasteiger partial charge in [0, 0.05) is 37.2 Å². The summed E-state index contributed by atoms with van der Waals surface area (Å²) in [5.41, 5.74) is 0.311. The number of ether oxygens (including phenoxy) is 1. The van der Waals surface area contributed by atoms with Gasteiger partial charge in [-0.25, -0.2) is 0 Å². The predicted octanol–water partition coefficient (Wildman–Crippen LogP) is 0.751. The lowest BCUT2D eigenvalue weighted by Crippen LogP contribution is -2.67. The normalized spacial score (nSPS) is 36.2. The summed E-state index contributed by atoms with van der Waals surface area (Å²) < 4.78 is 5.70. The highest BCUT2D eigenvalue weighted by molar-refractivity contribution is 5.04. The Hall–Kier alpha value is -0.120. The van der Waals surface area contributed by atoms with E-state index >= 15 is 0 Å². The molecule has 82 valence electrons. The minimum atomic E-state index is 0.311. The molecule has 0 spiro atoms. The van der Waals surface area contributed by atoms with Crippen molar-refractivity contribution in [2.24, 2.45) is 5.41 Å². The van der Waals surface area contributed by atoms with Crippen molar-refractivity contribution in [2.45, 2.75) is 45.4 Å². The van der Waals surface area contributed by atoms with E-state index < -0.39 is 0 Å². The van der Waals surface area contributed by atoms with E-state index in [-0.39, 0.29) is 0 Å². The molecule has 1 aliphatic heterocycles. The van der Waals surface area contributed by atoms with Gasteiger partial charge in [0.05, 0.1) is 6.10 Å². The summed E-state index contributed by atoms with van der Waals surface area (Å²) in [7, 11) is 0. The smallest absolute Gasteiger partial charge is 0.0655 e. The molecule has 2 aliphatic rings. The van der Waals surface area contributed by atoms with Gasteiger partial charge >= 0.3 is 0 Å². The zero-order valence-corrected chi connectivity index (χ0v) is 9.47. The molecule has 2 fully saturated rings. The van der Waals surface area contributed by atoms with Gasteiger partial charge in [-0.15, -0.1) is 0 Å². The molecule has 0 radical (unpaired) electrons. The molecular weight excluding hydrogens is 176 g/mol. The van der Waals surface area contributed by atoms with Gasteiger partial charge in [0.25, 0.3) is 0 Å². The van der Waals surface area contributed by atoms with Crippen molar-refractivity contribution in [3.63, 3.8) is 0 Å². The largest absolute Gasteiger partial charge is 0.378 e. The summed E-state index contributed by atoms with van der Waals surface area (Å²) in [6.07, 6.45) is 1.63.